The molecule has 17 heavy (non-hydrogen) atoms. The zero-order chi connectivity index (χ0) is 11.7. The largest absolute Gasteiger partial charge is 0.472 e. The van der Waals surface area contributed by atoms with Gasteiger partial charge in [0, 0.05) is 18.3 Å². The normalized spacial score (nSPS) is 31.5. The summed E-state index contributed by atoms with van der Waals surface area (Å²) >= 11 is 0. The molecule has 2 bridgehead atoms. The highest BCUT2D eigenvalue weighted by Crippen LogP contribution is 2.30. The predicted octanol–water partition coefficient (Wildman–Crippen LogP) is 1.51. The molecule has 3 aliphatic rings. The molecule has 1 aromatic heterocycles. The molecule has 3 aliphatic heterocycles. The maximum Gasteiger partial charge on any atom is 0.219 e. The van der Waals surface area contributed by atoms with Crippen molar-refractivity contribution in [1.29, 1.82) is 0 Å². The molecule has 0 spiro atoms. The summed E-state index contributed by atoms with van der Waals surface area (Å²) in [4.78, 5) is 10.8. The Morgan fingerprint density at radius 3 is 2.88 bits per heavy atom. The minimum atomic E-state index is 0.331. The summed E-state index contributed by atoms with van der Waals surface area (Å²) in [6, 6.07) is 0. The molecule has 4 rings (SSSR count). The van der Waals surface area contributed by atoms with Gasteiger partial charge in [0.25, 0.3) is 0 Å². The van der Waals surface area contributed by atoms with E-state index in [0.29, 0.717) is 6.10 Å². The van der Waals surface area contributed by atoms with Gasteiger partial charge in [0.2, 0.25) is 5.88 Å². The number of nitrogens with zero attached hydrogens (tertiary/aromatic N) is 3. The predicted molar refractivity (Wildman–Crippen MR) is 65.0 cm³/mol. The molecule has 0 N–H and O–H groups in total. The number of rotatable bonds is 3. The molecule has 0 aliphatic carbocycles. The minimum absolute atomic E-state index is 0.331. The summed E-state index contributed by atoms with van der Waals surface area (Å²) in [5.74, 6) is 1.51. The van der Waals surface area contributed by atoms with Crippen molar-refractivity contribution >= 4 is 0 Å². The molecule has 92 valence electrons. The van der Waals surface area contributed by atoms with Gasteiger partial charge in [-0.1, -0.05) is 6.92 Å². The summed E-state index contributed by atoms with van der Waals surface area (Å²) in [5.41, 5.74) is 1.11. The Morgan fingerprint density at radius 2 is 2.24 bits per heavy atom. The van der Waals surface area contributed by atoms with Crippen molar-refractivity contribution in [2.24, 2.45) is 5.92 Å². The fourth-order valence-corrected chi connectivity index (χ4v) is 2.88. The fraction of sp³-hybridized carbons (Fsp3) is 0.692. The highest BCUT2D eigenvalue weighted by atomic mass is 16.5. The number of fused-ring (bicyclic) bond motifs is 3. The van der Waals surface area contributed by atoms with E-state index in [1.54, 1.807) is 6.33 Å². The third-order valence-electron chi connectivity index (χ3n) is 3.99. The van der Waals surface area contributed by atoms with E-state index in [4.69, 9.17) is 4.74 Å². The second kappa shape index (κ2) is 4.61. The van der Waals surface area contributed by atoms with Crippen LogP contribution in [0.3, 0.4) is 0 Å². The van der Waals surface area contributed by atoms with E-state index in [2.05, 4.69) is 21.8 Å². The van der Waals surface area contributed by atoms with Crippen LogP contribution in [-0.2, 0) is 6.42 Å². The Morgan fingerprint density at radius 1 is 1.41 bits per heavy atom. The van der Waals surface area contributed by atoms with Crippen LogP contribution in [0.5, 0.6) is 5.88 Å². The molecule has 1 atom stereocenters. The second-order valence-electron chi connectivity index (χ2n) is 5.00. The highest BCUT2D eigenvalue weighted by molar-refractivity contribution is 5.22. The number of piperidine rings is 3. The third kappa shape index (κ3) is 2.14. The number of hydrogen-bond donors (Lipinski definition) is 0. The first kappa shape index (κ1) is 11.0. The molecule has 1 unspecified atom stereocenters. The molecule has 1 aromatic rings. The Labute approximate surface area is 102 Å². The summed E-state index contributed by atoms with van der Waals surface area (Å²) in [6.45, 7) is 5.67. The summed E-state index contributed by atoms with van der Waals surface area (Å²) in [6.07, 6.45) is 7.25. The maximum absolute atomic E-state index is 6.12. The monoisotopic (exact) mass is 233 g/mol. The van der Waals surface area contributed by atoms with Gasteiger partial charge >= 0.3 is 0 Å². The fourth-order valence-electron chi connectivity index (χ4n) is 2.88. The molecule has 4 nitrogen and oxygen atoms in total. The topological polar surface area (TPSA) is 38.3 Å². The van der Waals surface area contributed by atoms with Crippen molar-refractivity contribution in [1.82, 2.24) is 14.9 Å². The van der Waals surface area contributed by atoms with Crippen LogP contribution >= 0.6 is 0 Å². The Bertz CT molecular complexity index is 388. The van der Waals surface area contributed by atoms with Gasteiger partial charge < -0.3 is 4.74 Å². The van der Waals surface area contributed by atoms with Crippen molar-refractivity contribution in [3.05, 3.63) is 18.1 Å². The lowest BCUT2D eigenvalue weighted by Gasteiger charge is -2.44. The minimum Gasteiger partial charge on any atom is -0.472 e. The molecule has 0 amide bonds. The van der Waals surface area contributed by atoms with Crippen molar-refractivity contribution in [2.75, 3.05) is 19.6 Å². The van der Waals surface area contributed by atoms with Gasteiger partial charge in [-0.3, -0.25) is 4.90 Å². The van der Waals surface area contributed by atoms with Crippen molar-refractivity contribution in [3.8, 4) is 5.88 Å². The summed E-state index contributed by atoms with van der Waals surface area (Å²) in [5, 5.41) is 0. The maximum atomic E-state index is 6.12. The highest BCUT2D eigenvalue weighted by Gasteiger charge is 2.35. The molecule has 0 saturated carbocycles. The zero-order valence-corrected chi connectivity index (χ0v) is 10.3. The van der Waals surface area contributed by atoms with Gasteiger partial charge in [-0.2, -0.15) is 0 Å². The summed E-state index contributed by atoms with van der Waals surface area (Å²) in [7, 11) is 0. The molecular weight excluding hydrogens is 214 g/mol. The van der Waals surface area contributed by atoms with Crippen LogP contribution in [-0.4, -0.2) is 40.6 Å². The van der Waals surface area contributed by atoms with Crippen LogP contribution in [0.15, 0.2) is 12.5 Å². The van der Waals surface area contributed by atoms with E-state index in [1.807, 2.05) is 6.20 Å². The van der Waals surface area contributed by atoms with Gasteiger partial charge in [0.15, 0.2) is 0 Å². The van der Waals surface area contributed by atoms with Crippen LogP contribution in [0.2, 0.25) is 0 Å². The lowest BCUT2D eigenvalue weighted by molar-refractivity contribution is -0.0105. The average molecular weight is 233 g/mol. The average Bonchev–Trinajstić information content (AvgIpc) is 2.41. The number of aromatic nitrogens is 2. The van der Waals surface area contributed by atoms with E-state index in [1.165, 1.54) is 25.9 Å². The number of ether oxygens (including phenoxy) is 1. The first-order valence-corrected chi connectivity index (χ1v) is 6.54. The van der Waals surface area contributed by atoms with E-state index in [-0.39, 0.29) is 0 Å². The SMILES string of the molecule is CCc1cncnc1OC1CN2CCC1CC2. The van der Waals surface area contributed by atoms with Crippen molar-refractivity contribution in [2.45, 2.75) is 32.3 Å². The summed E-state index contributed by atoms with van der Waals surface area (Å²) < 4.78 is 6.12. The number of hydrogen-bond acceptors (Lipinski definition) is 4. The first-order chi connectivity index (χ1) is 8.36. The lowest BCUT2D eigenvalue weighted by Crippen LogP contribution is -2.52. The molecular formula is C13H19N3O. The molecule has 0 radical (unpaired) electrons. The number of aryl methyl sites for hydroxylation is 1. The zero-order valence-electron chi connectivity index (χ0n) is 10.3. The van der Waals surface area contributed by atoms with Crippen LogP contribution in [0, 0.1) is 5.92 Å². The second-order valence-corrected chi connectivity index (χ2v) is 5.00. The van der Waals surface area contributed by atoms with Crippen LogP contribution < -0.4 is 4.74 Å². The van der Waals surface area contributed by atoms with E-state index >= 15 is 0 Å². The van der Waals surface area contributed by atoms with Crippen LogP contribution in [0.25, 0.3) is 0 Å². The molecule has 3 saturated heterocycles. The molecule has 4 heteroatoms. The van der Waals surface area contributed by atoms with Crippen molar-refractivity contribution < 1.29 is 4.74 Å². The lowest BCUT2D eigenvalue weighted by atomic mass is 9.86. The van der Waals surface area contributed by atoms with Gasteiger partial charge in [0.05, 0.1) is 0 Å². The molecule has 3 fully saturated rings. The van der Waals surface area contributed by atoms with E-state index in [9.17, 15) is 0 Å². The van der Waals surface area contributed by atoms with Crippen molar-refractivity contribution in [3.63, 3.8) is 0 Å². The van der Waals surface area contributed by atoms with Gasteiger partial charge in [0.1, 0.15) is 12.4 Å². The van der Waals surface area contributed by atoms with Crippen LogP contribution in [0.1, 0.15) is 25.3 Å². The smallest absolute Gasteiger partial charge is 0.219 e. The molecule has 4 heterocycles. The third-order valence-corrected chi connectivity index (χ3v) is 3.99. The Kier molecular flexibility index (Phi) is 2.97. The van der Waals surface area contributed by atoms with E-state index in [0.717, 1.165) is 30.3 Å². The molecule has 0 aromatic carbocycles. The van der Waals surface area contributed by atoms with Gasteiger partial charge in [-0.25, -0.2) is 9.97 Å². The van der Waals surface area contributed by atoms with E-state index < -0.39 is 0 Å². The Hall–Kier alpha value is -1.16. The van der Waals surface area contributed by atoms with Gasteiger partial charge in [-0.05, 0) is 38.3 Å². The van der Waals surface area contributed by atoms with Crippen LogP contribution in [0.4, 0.5) is 0 Å². The first-order valence-electron chi connectivity index (χ1n) is 6.54. The quantitative estimate of drug-likeness (QED) is 0.793. The van der Waals surface area contributed by atoms with Gasteiger partial charge in [-0.15, -0.1) is 0 Å². The Balaban J connectivity index is 1.74. The standard InChI is InChI=1S/C13H19N3O/c1-2-10-7-14-9-15-13(10)17-12-8-16-5-3-11(12)4-6-16/h7,9,11-12H,2-6,8H2,1H3.